The predicted molar refractivity (Wildman–Crippen MR) is 86.9 cm³/mol. The number of hydrogen-bond donors (Lipinski definition) is 2. The van der Waals surface area contributed by atoms with Gasteiger partial charge in [-0.2, -0.15) is 0 Å². The van der Waals surface area contributed by atoms with Crippen molar-refractivity contribution in [2.75, 3.05) is 26.3 Å². The Morgan fingerprint density at radius 2 is 2.20 bits per heavy atom. The lowest BCUT2D eigenvalue weighted by Crippen LogP contribution is -2.31. The molecule has 0 aliphatic heterocycles. The largest absolute Gasteiger partial charge is 0.389 e. The van der Waals surface area contributed by atoms with Gasteiger partial charge < -0.3 is 15.2 Å². The van der Waals surface area contributed by atoms with Crippen LogP contribution in [0.5, 0.6) is 0 Å². The van der Waals surface area contributed by atoms with Gasteiger partial charge in [0.25, 0.3) is 0 Å². The summed E-state index contributed by atoms with van der Waals surface area (Å²) in [5, 5.41) is 13.0. The number of nitrogens with one attached hydrogen (secondary N) is 1. The molecule has 0 radical (unpaired) electrons. The standard InChI is InChI=1S/C15H26ClNO2S/c1-2-3-4-5-10-19-12-13(18)11-17-9-8-14-6-7-15(16)20-14/h6-7,13,17-18H,2-5,8-12H2,1H3. The van der Waals surface area contributed by atoms with E-state index >= 15 is 0 Å². The Bertz CT molecular complexity index is 346. The Morgan fingerprint density at radius 1 is 1.35 bits per heavy atom. The van der Waals surface area contributed by atoms with E-state index in [2.05, 4.69) is 12.2 Å². The van der Waals surface area contributed by atoms with E-state index in [4.69, 9.17) is 16.3 Å². The van der Waals surface area contributed by atoms with Gasteiger partial charge in [-0.1, -0.05) is 37.8 Å². The van der Waals surface area contributed by atoms with Crippen molar-refractivity contribution < 1.29 is 9.84 Å². The fourth-order valence-electron chi connectivity index (χ4n) is 1.88. The molecule has 0 aliphatic carbocycles. The fourth-order valence-corrected chi connectivity index (χ4v) is 2.96. The van der Waals surface area contributed by atoms with Crippen molar-refractivity contribution in [2.45, 2.75) is 45.1 Å². The second-order valence-electron chi connectivity index (χ2n) is 4.95. The number of unbranched alkanes of at least 4 members (excludes halogenated alkanes) is 3. The smallest absolute Gasteiger partial charge is 0.0931 e. The van der Waals surface area contributed by atoms with Crippen LogP contribution in [0.3, 0.4) is 0 Å². The summed E-state index contributed by atoms with van der Waals surface area (Å²) in [4.78, 5) is 1.27. The highest BCUT2D eigenvalue weighted by molar-refractivity contribution is 7.16. The van der Waals surface area contributed by atoms with E-state index in [1.54, 1.807) is 11.3 Å². The molecular formula is C15H26ClNO2S. The van der Waals surface area contributed by atoms with E-state index < -0.39 is 6.10 Å². The van der Waals surface area contributed by atoms with Crippen LogP contribution in [0.25, 0.3) is 0 Å². The lowest BCUT2D eigenvalue weighted by molar-refractivity contribution is 0.0356. The molecule has 0 saturated carbocycles. The zero-order valence-corrected chi connectivity index (χ0v) is 13.8. The summed E-state index contributed by atoms with van der Waals surface area (Å²) in [5.41, 5.74) is 0. The van der Waals surface area contributed by atoms with Crippen LogP contribution in [-0.2, 0) is 11.2 Å². The first-order valence-corrected chi connectivity index (χ1v) is 8.62. The molecule has 20 heavy (non-hydrogen) atoms. The summed E-state index contributed by atoms with van der Waals surface area (Å²) in [5.74, 6) is 0. The summed E-state index contributed by atoms with van der Waals surface area (Å²) >= 11 is 7.48. The lowest BCUT2D eigenvalue weighted by Gasteiger charge is -2.12. The Morgan fingerprint density at radius 3 is 2.90 bits per heavy atom. The maximum Gasteiger partial charge on any atom is 0.0931 e. The molecule has 0 amide bonds. The first-order valence-electron chi connectivity index (χ1n) is 7.43. The van der Waals surface area contributed by atoms with Crippen LogP contribution in [0.4, 0.5) is 0 Å². The Labute approximate surface area is 131 Å². The van der Waals surface area contributed by atoms with Crippen molar-refractivity contribution in [3.05, 3.63) is 21.3 Å². The number of thiophene rings is 1. The Balaban J connectivity index is 1.91. The summed E-state index contributed by atoms with van der Waals surface area (Å²) in [6.07, 6.45) is 5.33. The second-order valence-corrected chi connectivity index (χ2v) is 6.75. The van der Waals surface area contributed by atoms with Gasteiger partial charge >= 0.3 is 0 Å². The molecule has 0 aromatic carbocycles. The van der Waals surface area contributed by atoms with Gasteiger partial charge in [-0.05, 0) is 25.0 Å². The Hall–Kier alpha value is -0.130. The summed E-state index contributed by atoms with van der Waals surface area (Å²) in [7, 11) is 0. The van der Waals surface area contributed by atoms with Gasteiger partial charge in [0.05, 0.1) is 17.0 Å². The van der Waals surface area contributed by atoms with Gasteiger partial charge in [0.2, 0.25) is 0 Å². The average molecular weight is 320 g/mol. The van der Waals surface area contributed by atoms with E-state index in [0.29, 0.717) is 13.2 Å². The zero-order chi connectivity index (χ0) is 14.6. The molecule has 1 atom stereocenters. The number of ether oxygens (including phenoxy) is 1. The van der Waals surface area contributed by atoms with E-state index in [-0.39, 0.29) is 0 Å². The third-order valence-electron chi connectivity index (χ3n) is 3.01. The first kappa shape index (κ1) is 17.9. The second kappa shape index (κ2) is 11.5. The third kappa shape index (κ3) is 8.93. The van der Waals surface area contributed by atoms with Crippen LogP contribution in [-0.4, -0.2) is 37.5 Å². The van der Waals surface area contributed by atoms with Crippen molar-refractivity contribution in [1.29, 1.82) is 0 Å². The average Bonchev–Trinajstić information content (AvgIpc) is 2.84. The maximum atomic E-state index is 9.75. The highest BCUT2D eigenvalue weighted by Gasteiger charge is 2.04. The SMILES string of the molecule is CCCCCCOCC(O)CNCCc1ccc(Cl)s1. The maximum absolute atomic E-state index is 9.75. The number of aliphatic hydroxyl groups excluding tert-OH is 1. The van der Waals surface area contributed by atoms with E-state index in [1.807, 2.05) is 12.1 Å². The molecule has 1 aromatic rings. The van der Waals surface area contributed by atoms with Crippen LogP contribution in [0.15, 0.2) is 12.1 Å². The number of aliphatic hydroxyl groups is 1. The molecule has 1 heterocycles. The molecule has 3 nitrogen and oxygen atoms in total. The monoisotopic (exact) mass is 319 g/mol. The van der Waals surface area contributed by atoms with Gasteiger partial charge in [-0.3, -0.25) is 0 Å². The lowest BCUT2D eigenvalue weighted by atomic mass is 10.2. The summed E-state index contributed by atoms with van der Waals surface area (Å²) in [6.45, 7) is 4.80. The number of halogens is 1. The van der Waals surface area contributed by atoms with Crippen LogP contribution < -0.4 is 5.32 Å². The van der Waals surface area contributed by atoms with E-state index in [9.17, 15) is 5.11 Å². The zero-order valence-electron chi connectivity index (χ0n) is 12.2. The molecule has 0 bridgehead atoms. The molecule has 0 fully saturated rings. The van der Waals surface area contributed by atoms with Crippen LogP contribution in [0.1, 0.15) is 37.5 Å². The molecule has 5 heteroatoms. The topological polar surface area (TPSA) is 41.5 Å². The first-order chi connectivity index (χ1) is 9.72. The quantitative estimate of drug-likeness (QED) is 0.579. The van der Waals surface area contributed by atoms with Crippen molar-refractivity contribution in [1.82, 2.24) is 5.32 Å². The molecule has 116 valence electrons. The number of rotatable bonds is 12. The molecule has 0 spiro atoms. The highest BCUT2D eigenvalue weighted by Crippen LogP contribution is 2.21. The van der Waals surface area contributed by atoms with Crippen LogP contribution in [0, 0.1) is 0 Å². The fraction of sp³-hybridized carbons (Fsp3) is 0.733. The van der Waals surface area contributed by atoms with Crippen molar-refractivity contribution in [3.8, 4) is 0 Å². The summed E-state index contributed by atoms with van der Waals surface area (Å²) in [6, 6.07) is 3.97. The Kier molecular flexibility index (Phi) is 10.3. The van der Waals surface area contributed by atoms with Crippen LogP contribution >= 0.6 is 22.9 Å². The molecule has 1 unspecified atom stereocenters. The molecule has 2 N–H and O–H groups in total. The minimum Gasteiger partial charge on any atom is -0.389 e. The predicted octanol–water partition coefficient (Wildman–Crippen LogP) is 3.49. The third-order valence-corrected chi connectivity index (χ3v) is 4.30. The van der Waals surface area contributed by atoms with Gasteiger partial charge in [0.1, 0.15) is 0 Å². The van der Waals surface area contributed by atoms with Crippen molar-refractivity contribution in [2.24, 2.45) is 0 Å². The van der Waals surface area contributed by atoms with Gasteiger partial charge in [0.15, 0.2) is 0 Å². The van der Waals surface area contributed by atoms with Gasteiger partial charge in [-0.15, -0.1) is 11.3 Å². The number of hydrogen-bond acceptors (Lipinski definition) is 4. The molecule has 0 saturated heterocycles. The minimum atomic E-state index is -0.423. The normalized spacial score (nSPS) is 12.8. The molecular weight excluding hydrogens is 294 g/mol. The van der Waals surface area contributed by atoms with Gasteiger partial charge in [0, 0.05) is 24.6 Å². The van der Waals surface area contributed by atoms with Crippen molar-refractivity contribution in [3.63, 3.8) is 0 Å². The molecule has 1 rings (SSSR count). The summed E-state index contributed by atoms with van der Waals surface area (Å²) < 4.78 is 6.29. The van der Waals surface area contributed by atoms with Crippen molar-refractivity contribution >= 4 is 22.9 Å². The van der Waals surface area contributed by atoms with Crippen LogP contribution in [0.2, 0.25) is 4.34 Å². The van der Waals surface area contributed by atoms with E-state index in [1.165, 1.54) is 24.1 Å². The highest BCUT2D eigenvalue weighted by atomic mass is 35.5. The van der Waals surface area contributed by atoms with E-state index in [0.717, 1.165) is 30.3 Å². The van der Waals surface area contributed by atoms with Gasteiger partial charge in [-0.25, -0.2) is 0 Å². The molecule has 1 aromatic heterocycles. The minimum absolute atomic E-state index is 0.421. The molecule has 0 aliphatic rings.